The Kier molecular flexibility index (Phi) is 3.39. The zero-order chi connectivity index (χ0) is 13.9. The SMILES string of the molecule is CNc1nc(Nc2ccc(Cl)cc2)nc2ccccc12. The van der Waals surface area contributed by atoms with Crippen LogP contribution in [0.15, 0.2) is 48.5 Å². The standard InChI is InChI=1S/C15H13ClN4/c1-17-14-12-4-2-3-5-13(12)19-15(20-14)18-11-8-6-10(16)7-9-11/h2-9H,1H3,(H2,17,18,19,20). The van der Waals surface area contributed by atoms with Gasteiger partial charge in [-0.2, -0.15) is 4.98 Å². The molecule has 3 rings (SSSR count). The molecule has 5 heteroatoms. The molecule has 0 bridgehead atoms. The largest absolute Gasteiger partial charge is 0.372 e. The molecule has 0 saturated carbocycles. The third-order valence-corrected chi connectivity index (χ3v) is 3.19. The molecule has 0 saturated heterocycles. The van der Waals surface area contributed by atoms with Crippen LogP contribution in [-0.2, 0) is 0 Å². The van der Waals surface area contributed by atoms with Gasteiger partial charge in [0.2, 0.25) is 5.95 Å². The molecule has 100 valence electrons. The first-order valence-corrected chi connectivity index (χ1v) is 6.61. The lowest BCUT2D eigenvalue weighted by Gasteiger charge is -2.09. The van der Waals surface area contributed by atoms with E-state index in [0.717, 1.165) is 22.4 Å². The van der Waals surface area contributed by atoms with Gasteiger partial charge in [-0.15, -0.1) is 0 Å². The van der Waals surface area contributed by atoms with Crippen molar-refractivity contribution in [2.24, 2.45) is 0 Å². The van der Waals surface area contributed by atoms with Crippen LogP contribution in [0.4, 0.5) is 17.5 Å². The van der Waals surface area contributed by atoms with Crippen LogP contribution < -0.4 is 10.6 Å². The zero-order valence-electron chi connectivity index (χ0n) is 10.9. The highest BCUT2D eigenvalue weighted by molar-refractivity contribution is 6.30. The van der Waals surface area contributed by atoms with Crippen LogP contribution in [0.1, 0.15) is 0 Å². The summed E-state index contributed by atoms with van der Waals surface area (Å²) in [6.45, 7) is 0. The number of aromatic nitrogens is 2. The highest BCUT2D eigenvalue weighted by Crippen LogP contribution is 2.23. The summed E-state index contributed by atoms with van der Waals surface area (Å²) in [5, 5.41) is 7.97. The Hall–Kier alpha value is -2.33. The molecule has 0 atom stereocenters. The monoisotopic (exact) mass is 284 g/mol. The summed E-state index contributed by atoms with van der Waals surface area (Å²) in [6.07, 6.45) is 0. The summed E-state index contributed by atoms with van der Waals surface area (Å²) in [5.41, 5.74) is 1.79. The fourth-order valence-electron chi connectivity index (χ4n) is 1.99. The number of benzene rings is 2. The lowest BCUT2D eigenvalue weighted by molar-refractivity contribution is 1.20. The van der Waals surface area contributed by atoms with Crippen molar-refractivity contribution in [3.8, 4) is 0 Å². The first-order valence-electron chi connectivity index (χ1n) is 6.23. The summed E-state index contributed by atoms with van der Waals surface area (Å²) in [5.74, 6) is 1.35. The summed E-state index contributed by atoms with van der Waals surface area (Å²) in [4.78, 5) is 8.98. The van der Waals surface area contributed by atoms with E-state index >= 15 is 0 Å². The van der Waals surface area contributed by atoms with Crippen LogP contribution in [-0.4, -0.2) is 17.0 Å². The topological polar surface area (TPSA) is 49.8 Å². The Morgan fingerprint density at radius 1 is 0.950 bits per heavy atom. The Morgan fingerprint density at radius 3 is 2.45 bits per heavy atom. The maximum atomic E-state index is 5.87. The van der Waals surface area contributed by atoms with E-state index in [0.29, 0.717) is 11.0 Å². The molecule has 0 amide bonds. The molecule has 1 aromatic heterocycles. The van der Waals surface area contributed by atoms with Gasteiger partial charge in [-0.05, 0) is 36.4 Å². The second-order valence-electron chi connectivity index (χ2n) is 4.29. The number of anilines is 3. The summed E-state index contributed by atoms with van der Waals surface area (Å²) in [7, 11) is 1.85. The molecule has 0 spiro atoms. The molecule has 0 aliphatic carbocycles. The molecular weight excluding hydrogens is 272 g/mol. The van der Waals surface area contributed by atoms with Crippen LogP contribution >= 0.6 is 11.6 Å². The minimum atomic E-state index is 0.551. The van der Waals surface area contributed by atoms with Crippen LogP contribution in [0, 0.1) is 0 Å². The average Bonchev–Trinajstić information content (AvgIpc) is 2.49. The number of halogens is 1. The Bertz CT molecular complexity index is 740. The fraction of sp³-hybridized carbons (Fsp3) is 0.0667. The van der Waals surface area contributed by atoms with Gasteiger partial charge >= 0.3 is 0 Å². The first kappa shape index (κ1) is 12.7. The van der Waals surface area contributed by atoms with Crippen molar-refractivity contribution in [1.29, 1.82) is 0 Å². The molecule has 0 aliphatic rings. The van der Waals surface area contributed by atoms with E-state index in [-0.39, 0.29) is 0 Å². The molecule has 3 aromatic rings. The van der Waals surface area contributed by atoms with Gasteiger partial charge < -0.3 is 10.6 Å². The lowest BCUT2D eigenvalue weighted by Crippen LogP contribution is -2.01. The predicted octanol–water partition coefficient (Wildman–Crippen LogP) is 4.07. The van der Waals surface area contributed by atoms with Gasteiger partial charge in [0, 0.05) is 23.1 Å². The molecule has 0 fully saturated rings. The summed E-state index contributed by atoms with van der Waals surface area (Å²) >= 11 is 5.87. The second kappa shape index (κ2) is 5.35. The van der Waals surface area contributed by atoms with E-state index in [2.05, 4.69) is 20.6 Å². The normalized spacial score (nSPS) is 10.5. The predicted molar refractivity (Wildman–Crippen MR) is 83.8 cm³/mol. The number of nitrogens with zero attached hydrogens (tertiary/aromatic N) is 2. The van der Waals surface area contributed by atoms with Crippen molar-refractivity contribution in [2.75, 3.05) is 17.7 Å². The summed E-state index contributed by atoms with van der Waals surface area (Å²) < 4.78 is 0. The number of hydrogen-bond donors (Lipinski definition) is 2. The van der Waals surface area contributed by atoms with Crippen molar-refractivity contribution in [3.05, 3.63) is 53.6 Å². The summed E-state index contributed by atoms with van der Waals surface area (Å²) in [6, 6.07) is 15.3. The minimum Gasteiger partial charge on any atom is -0.372 e. The quantitative estimate of drug-likeness (QED) is 0.761. The van der Waals surface area contributed by atoms with Crippen LogP contribution in [0.25, 0.3) is 10.9 Å². The van der Waals surface area contributed by atoms with Crippen LogP contribution in [0.3, 0.4) is 0 Å². The van der Waals surface area contributed by atoms with Crippen molar-refractivity contribution in [1.82, 2.24) is 9.97 Å². The third-order valence-electron chi connectivity index (χ3n) is 2.94. The number of rotatable bonds is 3. The van der Waals surface area contributed by atoms with E-state index in [1.54, 1.807) is 0 Å². The smallest absolute Gasteiger partial charge is 0.229 e. The third kappa shape index (κ3) is 2.51. The van der Waals surface area contributed by atoms with E-state index in [9.17, 15) is 0 Å². The van der Waals surface area contributed by atoms with Crippen molar-refractivity contribution in [2.45, 2.75) is 0 Å². The maximum Gasteiger partial charge on any atom is 0.229 e. The van der Waals surface area contributed by atoms with Gasteiger partial charge in [-0.1, -0.05) is 23.7 Å². The molecule has 0 unspecified atom stereocenters. The maximum absolute atomic E-state index is 5.87. The second-order valence-corrected chi connectivity index (χ2v) is 4.73. The van der Waals surface area contributed by atoms with Gasteiger partial charge in [0.1, 0.15) is 5.82 Å². The van der Waals surface area contributed by atoms with E-state index in [1.807, 2.05) is 55.6 Å². The van der Waals surface area contributed by atoms with E-state index in [1.165, 1.54) is 0 Å². The first-order chi connectivity index (χ1) is 9.76. The average molecular weight is 285 g/mol. The van der Waals surface area contributed by atoms with E-state index in [4.69, 9.17) is 11.6 Å². The van der Waals surface area contributed by atoms with Crippen molar-refractivity contribution in [3.63, 3.8) is 0 Å². The van der Waals surface area contributed by atoms with Crippen LogP contribution in [0.2, 0.25) is 5.02 Å². The lowest BCUT2D eigenvalue weighted by atomic mass is 10.2. The van der Waals surface area contributed by atoms with Crippen molar-refractivity contribution >= 4 is 40.0 Å². The van der Waals surface area contributed by atoms with Gasteiger partial charge in [0.25, 0.3) is 0 Å². The van der Waals surface area contributed by atoms with Crippen LogP contribution in [0.5, 0.6) is 0 Å². The highest BCUT2D eigenvalue weighted by atomic mass is 35.5. The molecule has 1 heterocycles. The van der Waals surface area contributed by atoms with Gasteiger partial charge in [0.05, 0.1) is 5.52 Å². The molecule has 2 aromatic carbocycles. The van der Waals surface area contributed by atoms with Gasteiger partial charge in [-0.3, -0.25) is 0 Å². The molecule has 4 nitrogen and oxygen atoms in total. The Balaban J connectivity index is 2.01. The molecule has 2 N–H and O–H groups in total. The number of nitrogens with one attached hydrogen (secondary N) is 2. The zero-order valence-corrected chi connectivity index (χ0v) is 11.6. The number of hydrogen-bond acceptors (Lipinski definition) is 4. The highest BCUT2D eigenvalue weighted by Gasteiger charge is 2.06. The van der Waals surface area contributed by atoms with Gasteiger partial charge in [0.15, 0.2) is 0 Å². The number of para-hydroxylation sites is 1. The molecule has 20 heavy (non-hydrogen) atoms. The molecule has 0 radical (unpaired) electrons. The Labute approximate surface area is 121 Å². The molecular formula is C15H13ClN4. The minimum absolute atomic E-state index is 0.551. The molecule has 0 aliphatic heterocycles. The fourth-order valence-corrected chi connectivity index (χ4v) is 2.11. The van der Waals surface area contributed by atoms with Gasteiger partial charge in [-0.25, -0.2) is 4.98 Å². The van der Waals surface area contributed by atoms with Crippen molar-refractivity contribution < 1.29 is 0 Å². The Morgan fingerprint density at radius 2 is 1.70 bits per heavy atom. The number of fused-ring (bicyclic) bond motifs is 1. The van der Waals surface area contributed by atoms with E-state index < -0.39 is 0 Å².